The van der Waals surface area contributed by atoms with E-state index in [1.54, 1.807) is 0 Å². The molecule has 4 heteroatoms. The highest BCUT2D eigenvalue weighted by Crippen LogP contribution is 2.36. The monoisotopic (exact) mass is 274 g/mol. The van der Waals surface area contributed by atoms with Gasteiger partial charge < -0.3 is 10.6 Å². The molecule has 3 rings (SSSR count). The molecule has 1 aliphatic heterocycles. The van der Waals surface area contributed by atoms with Crippen molar-refractivity contribution in [3.05, 3.63) is 18.0 Å². The minimum Gasteiger partial charge on any atom is -0.340 e. The highest BCUT2D eigenvalue weighted by molar-refractivity contribution is 5.34. The zero-order chi connectivity index (χ0) is 14.3. The highest BCUT2D eigenvalue weighted by Gasteiger charge is 2.39. The average molecular weight is 274 g/mol. The molecule has 0 aromatic carbocycles. The molecule has 3 unspecified atom stereocenters. The van der Waals surface area contributed by atoms with Crippen LogP contribution in [0, 0.1) is 11.8 Å². The van der Waals surface area contributed by atoms with Crippen LogP contribution >= 0.6 is 0 Å². The molecule has 0 spiro atoms. The molecule has 1 saturated carbocycles. The first-order valence-electron chi connectivity index (χ1n) is 7.79. The third-order valence-electron chi connectivity index (χ3n) is 4.85. The van der Waals surface area contributed by atoms with Crippen LogP contribution in [0.1, 0.15) is 45.7 Å². The molecule has 2 N–H and O–H groups in total. The van der Waals surface area contributed by atoms with E-state index in [2.05, 4.69) is 30.7 Å². The van der Waals surface area contributed by atoms with Crippen molar-refractivity contribution in [2.24, 2.45) is 17.6 Å². The Bertz CT molecular complexity index is 480. The Labute approximate surface area is 121 Å². The Morgan fingerprint density at radius 2 is 2.05 bits per heavy atom. The third-order valence-corrected chi connectivity index (χ3v) is 4.85. The van der Waals surface area contributed by atoms with E-state index in [1.165, 1.54) is 19.3 Å². The summed E-state index contributed by atoms with van der Waals surface area (Å²) in [7, 11) is 0. The fraction of sp³-hybridized carbons (Fsp3) is 0.750. The van der Waals surface area contributed by atoms with Gasteiger partial charge in [-0.3, -0.25) is 0 Å². The maximum atomic E-state index is 6.29. The van der Waals surface area contributed by atoms with Gasteiger partial charge in [0, 0.05) is 30.7 Å². The van der Waals surface area contributed by atoms with Gasteiger partial charge in [-0.2, -0.15) is 0 Å². The van der Waals surface area contributed by atoms with E-state index in [0.717, 1.165) is 30.6 Å². The molecule has 2 aliphatic rings. The topological polar surface area (TPSA) is 55.0 Å². The molecule has 4 nitrogen and oxygen atoms in total. The van der Waals surface area contributed by atoms with Crippen LogP contribution in [0.15, 0.2) is 12.3 Å². The van der Waals surface area contributed by atoms with Crippen LogP contribution < -0.4 is 10.6 Å². The molecule has 0 amide bonds. The standard InChI is InChI=1S/C16H26N4/c1-16(2,3)14-7-8-18-15(19-14)20-9-11-5-4-6-13(17)12(11)10-20/h7-8,11-13H,4-6,9-10,17H2,1-3H3. The second-order valence-corrected chi connectivity index (χ2v) is 7.42. The Morgan fingerprint density at radius 1 is 1.25 bits per heavy atom. The fourth-order valence-corrected chi connectivity index (χ4v) is 3.60. The zero-order valence-corrected chi connectivity index (χ0v) is 12.8. The molecule has 110 valence electrons. The first-order valence-corrected chi connectivity index (χ1v) is 7.79. The smallest absolute Gasteiger partial charge is 0.225 e. The SMILES string of the molecule is CC(C)(C)c1ccnc(N2CC3CCCC(N)C3C2)n1. The summed E-state index contributed by atoms with van der Waals surface area (Å²) in [6, 6.07) is 2.39. The molecule has 3 atom stereocenters. The molecule has 1 saturated heterocycles. The molecule has 1 aromatic heterocycles. The summed E-state index contributed by atoms with van der Waals surface area (Å²) in [4.78, 5) is 11.6. The summed E-state index contributed by atoms with van der Waals surface area (Å²) < 4.78 is 0. The van der Waals surface area contributed by atoms with E-state index in [1.807, 2.05) is 12.3 Å². The van der Waals surface area contributed by atoms with E-state index in [4.69, 9.17) is 10.7 Å². The lowest BCUT2D eigenvalue weighted by molar-refractivity contribution is 0.260. The molecular weight excluding hydrogens is 248 g/mol. The zero-order valence-electron chi connectivity index (χ0n) is 12.8. The van der Waals surface area contributed by atoms with Crippen LogP contribution in [-0.4, -0.2) is 29.1 Å². The number of aromatic nitrogens is 2. The molecule has 0 radical (unpaired) electrons. The van der Waals surface area contributed by atoms with Gasteiger partial charge in [0.25, 0.3) is 0 Å². The molecule has 20 heavy (non-hydrogen) atoms. The van der Waals surface area contributed by atoms with Crippen LogP contribution in [0.3, 0.4) is 0 Å². The van der Waals surface area contributed by atoms with Crippen LogP contribution in [-0.2, 0) is 5.41 Å². The van der Waals surface area contributed by atoms with Crippen molar-refractivity contribution in [3.8, 4) is 0 Å². The summed E-state index contributed by atoms with van der Waals surface area (Å²) in [5.74, 6) is 2.25. The molecular formula is C16H26N4. The van der Waals surface area contributed by atoms with Gasteiger partial charge in [0.05, 0.1) is 5.69 Å². The lowest BCUT2D eigenvalue weighted by Gasteiger charge is -2.29. The van der Waals surface area contributed by atoms with Crippen LogP contribution in [0.25, 0.3) is 0 Å². The van der Waals surface area contributed by atoms with Gasteiger partial charge >= 0.3 is 0 Å². The molecule has 0 bridgehead atoms. The second-order valence-electron chi connectivity index (χ2n) is 7.42. The van der Waals surface area contributed by atoms with Crippen LogP contribution in [0.4, 0.5) is 5.95 Å². The molecule has 2 fully saturated rings. The van der Waals surface area contributed by atoms with Crippen molar-refractivity contribution in [1.29, 1.82) is 0 Å². The van der Waals surface area contributed by atoms with Crippen molar-refractivity contribution < 1.29 is 0 Å². The van der Waals surface area contributed by atoms with Crippen LogP contribution in [0.2, 0.25) is 0 Å². The van der Waals surface area contributed by atoms with E-state index in [-0.39, 0.29) is 5.41 Å². The third kappa shape index (κ3) is 2.53. The van der Waals surface area contributed by atoms with E-state index >= 15 is 0 Å². The number of hydrogen-bond acceptors (Lipinski definition) is 4. The number of hydrogen-bond donors (Lipinski definition) is 1. The number of nitrogens with two attached hydrogens (primary N) is 1. The van der Waals surface area contributed by atoms with Gasteiger partial charge in [0.1, 0.15) is 0 Å². The Morgan fingerprint density at radius 3 is 2.75 bits per heavy atom. The molecule has 2 heterocycles. The van der Waals surface area contributed by atoms with Crippen molar-refractivity contribution in [2.45, 2.75) is 51.5 Å². The van der Waals surface area contributed by atoms with Crippen LogP contribution in [0.5, 0.6) is 0 Å². The fourth-order valence-electron chi connectivity index (χ4n) is 3.60. The Hall–Kier alpha value is -1.16. The first kappa shape index (κ1) is 13.8. The maximum Gasteiger partial charge on any atom is 0.225 e. The first-order chi connectivity index (χ1) is 9.45. The normalized spacial score (nSPS) is 30.4. The Balaban J connectivity index is 1.81. The largest absolute Gasteiger partial charge is 0.340 e. The number of nitrogens with zero attached hydrogens (tertiary/aromatic N) is 3. The van der Waals surface area contributed by atoms with E-state index < -0.39 is 0 Å². The van der Waals surface area contributed by atoms with Gasteiger partial charge in [-0.15, -0.1) is 0 Å². The summed E-state index contributed by atoms with van der Waals surface area (Å²) in [6.45, 7) is 8.68. The lowest BCUT2D eigenvalue weighted by Crippen LogP contribution is -2.38. The minimum absolute atomic E-state index is 0.0700. The number of fused-ring (bicyclic) bond motifs is 1. The summed E-state index contributed by atoms with van der Waals surface area (Å²) in [5, 5.41) is 0. The van der Waals surface area contributed by atoms with Crippen molar-refractivity contribution >= 4 is 5.95 Å². The number of rotatable bonds is 1. The second kappa shape index (κ2) is 4.99. The maximum absolute atomic E-state index is 6.29. The summed E-state index contributed by atoms with van der Waals surface area (Å²) in [6.07, 6.45) is 5.66. The molecule has 1 aliphatic carbocycles. The highest BCUT2D eigenvalue weighted by atomic mass is 15.3. The van der Waals surface area contributed by atoms with E-state index in [0.29, 0.717) is 12.0 Å². The quantitative estimate of drug-likeness (QED) is 0.854. The average Bonchev–Trinajstić information content (AvgIpc) is 2.83. The predicted octanol–water partition coefficient (Wildman–Crippen LogP) is 2.34. The van der Waals surface area contributed by atoms with Crippen molar-refractivity contribution in [1.82, 2.24) is 9.97 Å². The van der Waals surface area contributed by atoms with Gasteiger partial charge in [0.15, 0.2) is 0 Å². The van der Waals surface area contributed by atoms with Gasteiger partial charge in [-0.05, 0) is 30.7 Å². The lowest BCUT2D eigenvalue weighted by atomic mass is 9.78. The summed E-state index contributed by atoms with van der Waals surface area (Å²) >= 11 is 0. The predicted molar refractivity (Wildman–Crippen MR) is 81.8 cm³/mol. The number of anilines is 1. The summed E-state index contributed by atoms with van der Waals surface area (Å²) in [5.41, 5.74) is 7.47. The van der Waals surface area contributed by atoms with Gasteiger partial charge in [-0.25, -0.2) is 9.97 Å². The minimum atomic E-state index is 0.0700. The molecule has 1 aromatic rings. The van der Waals surface area contributed by atoms with Crippen molar-refractivity contribution in [2.75, 3.05) is 18.0 Å². The van der Waals surface area contributed by atoms with E-state index in [9.17, 15) is 0 Å². The Kier molecular flexibility index (Phi) is 3.44. The van der Waals surface area contributed by atoms with Gasteiger partial charge in [0.2, 0.25) is 5.95 Å². The van der Waals surface area contributed by atoms with Crippen molar-refractivity contribution in [3.63, 3.8) is 0 Å². The van der Waals surface area contributed by atoms with Gasteiger partial charge in [-0.1, -0.05) is 27.2 Å².